The van der Waals surface area contributed by atoms with Crippen LogP contribution in [0, 0.1) is 0 Å². The van der Waals surface area contributed by atoms with E-state index < -0.39 is 0 Å². The van der Waals surface area contributed by atoms with Crippen LogP contribution in [0.2, 0.25) is 0 Å². The summed E-state index contributed by atoms with van der Waals surface area (Å²) in [5, 5.41) is 3.88. The first-order valence-electron chi connectivity index (χ1n) is 10.9. The van der Waals surface area contributed by atoms with Gasteiger partial charge in [-0.25, -0.2) is 0 Å². The molecule has 152 valence electrons. The average Bonchev–Trinajstić information content (AvgIpc) is 3.17. The molecule has 0 atom stereocenters. The number of aryl methyl sites for hydroxylation is 2. The molecule has 31 heavy (non-hydrogen) atoms. The molecular weight excluding hydrogens is 396 g/mol. The molecule has 0 saturated carbocycles. The third kappa shape index (κ3) is 2.91. The molecule has 0 bridgehead atoms. The second-order valence-corrected chi connectivity index (χ2v) is 10.6. The number of thiophene rings is 1. The molecule has 0 unspecified atom stereocenters. The smallest absolute Gasteiger partial charge is 0.0795 e. The van der Waals surface area contributed by atoms with Gasteiger partial charge in [0.05, 0.1) is 5.69 Å². The molecule has 0 N–H and O–H groups in total. The number of aromatic nitrogens is 2. The molecule has 0 radical (unpaired) electrons. The van der Waals surface area contributed by atoms with Crippen LogP contribution in [-0.4, -0.2) is 9.97 Å². The Labute approximate surface area is 186 Å². The van der Waals surface area contributed by atoms with Crippen LogP contribution in [0.4, 0.5) is 0 Å². The molecule has 6 rings (SSSR count). The maximum atomic E-state index is 4.95. The molecule has 0 aliphatic heterocycles. The zero-order valence-corrected chi connectivity index (χ0v) is 18.9. The Kier molecular flexibility index (Phi) is 4.06. The second kappa shape index (κ2) is 6.73. The lowest BCUT2D eigenvalue weighted by Gasteiger charge is -2.23. The summed E-state index contributed by atoms with van der Waals surface area (Å²) in [6, 6.07) is 19.8. The highest BCUT2D eigenvalue weighted by atomic mass is 32.1. The third-order valence-corrected chi connectivity index (χ3v) is 7.58. The van der Waals surface area contributed by atoms with E-state index in [0.29, 0.717) is 0 Å². The monoisotopic (exact) mass is 420 g/mol. The molecule has 0 fully saturated rings. The summed E-state index contributed by atoms with van der Waals surface area (Å²) >= 11 is 1.92. The molecule has 5 aromatic rings. The van der Waals surface area contributed by atoms with Crippen LogP contribution >= 0.6 is 11.3 Å². The van der Waals surface area contributed by atoms with E-state index in [0.717, 1.165) is 18.5 Å². The maximum absolute atomic E-state index is 4.95. The van der Waals surface area contributed by atoms with Gasteiger partial charge in [-0.3, -0.25) is 9.97 Å². The summed E-state index contributed by atoms with van der Waals surface area (Å²) in [4.78, 5) is 11.1. The first-order valence-corrected chi connectivity index (χ1v) is 11.7. The topological polar surface area (TPSA) is 25.8 Å². The summed E-state index contributed by atoms with van der Waals surface area (Å²) in [7, 11) is 0. The number of benzene rings is 2. The fourth-order valence-corrected chi connectivity index (χ4v) is 6.15. The van der Waals surface area contributed by atoms with Crippen molar-refractivity contribution in [2.75, 3.05) is 0 Å². The first-order chi connectivity index (χ1) is 15.0. The molecular formula is C28H24N2S. The minimum absolute atomic E-state index is 0.0497. The molecule has 3 heterocycles. The summed E-state index contributed by atoms with van der Waals surface area (Å²) in [5.41, 5.74) is 7.54. The fourth-order valence-electron chi connectivity index (χ4n) is 4.94. The van der Waals surface area contributed by atoms with E-state index in [1.165, 1.54) is 53.7 Å². The minimum Gasteiger partial charge on any atom is -0.261 e. The molecule has 2 nitrogen and oxygen atoms in total. The van der Waals surface area contributed by atoms with Crippen molar-refractivity contribution < 1.29 is 0 Å². The Hall–Kier alpha value is -3.04. The van der Waals surface area contributed by atoms with Crippen molar-refractivity contribution in [2.45, 2.75) is 39.0 Å². The van der Waals surface area contributed by atoms with Gasteiger partial charge in [-0.2, -0.15) is 0 Å². The van der Waals surface area contributed by atoms with Crippen LogP contribution in [0.1, 0.15) is 36.9 Å². The molecule has 0 amide bonds. The SMILES string of the molecule is CC(C)(C)c1cc(-c2nccc3sc4c(c23)-c2cccnc2CC4)cc2ccccc12. The van der Waals surface area contributed by atoms with Crippen LogP contribution in [0.15, 0.2) is 67.0 Å². The summed E-state index contributed by atoms with van der Waals surface area (Å²) in [6.07, 6.45) is 5.96. The van der Waals surface area contributed by atoms with Crippen molar-refractivity contribution in [3.63, 3.8) is 0 Å². The van der Waals surface area contributed by atoms with Gasteiger partial charge >= 0.3 is 0 Å². The van der Waals surface area contributed by atoms with Gasteiger partial charge < -0.3 is 0 Å². The Bertz CT molecular complexity index is 1470. The van der Waals surface area contributed by atoms with Gasteiger partial charge in [0, 0.05) is 49.7 Å². The largest absolute Gasteiger partial charge is 0.261 e. The summed E-state index contributed by atoms with van der Waals surface area (Å²) < 4.78 is 1.32. The van der Waals surface area contributed by atoms with E-state index in [4.69, 9.17) is 4.98 Å². The van der Waals surface area contributed by atoms with Crippen molar-refractivity contribution in [1.82, 2.24) is 9.97 Å². The summed E-state index contributed by atoms with van der Waals surface area (Å²) in [5.74, 6) is 0. The molecule has 1 aliphatic carbocycles. The standard InChI is InChI=1S/C28H24N2S/c1-28(2,3)21-16-18(15-17-7-4-5-8-19(17)21)27-26-24(12-14-30-27)31-23-11-10-22-20(25(23)26)9-6-13-29-22/h4-9,12-16H,10-11H2,1-3H3. The average molecular weight is 421 g/mol. The normalized spacial score (nSPS) is 13.4. The molecule has 3 heteroatoms. The van der Waals surface area contributed by atoms with Crippen molar-refractivity contribution in [3.05, 3.63) is 83.1 Å². The fraction of sp³-hybridized carbons (Fsp3) is 0.214. The van der Waals surface area contributed by atoms with Crippen LogP contribution in [0.25, 0.3) is 43.2 Å². The van der Waals surface area contributed by atoms with Gasteiger partial charge in [0.15, 0.2) is 0 Å². The van der Waals surface area contributed by atoms with Crippen molar-refractivity contribution in [2.24, 2.45) is 0 Å². The molecule has 0 saturated heterocycles. The van der Waals surface area contributed by atoms with Gasteiger partial charge in [-0.05, 0) is 58.9 Å². The minimum atomic E-state index is 0.0497. The number of pyridine rings is 2. The second-order valence-electron chi connectivity index (χ2n) is 9.43. The van der Waals surface area contributed by atoms with Crippen LogP contribution in [0.3, 0.4) is 0 Å². The van der Waals surface area contributed by atoms with Crippen molar-refractivity contribution in [3.8, 4) is 22.4 Å². The lowest BCUT2D eigenvalue weighted by atomic mass is 9.82. The Morgan fingerprint density at radius 2 is 1.74 bits per heavy atom. The predicted molar refractivity (Wildman–Crippen MR) is 132 cm³/mol. The highest BCUT2D eigenvalue weighted by Gasteiger charge is 2.25. The maximum Gasteiger partial charge on any atom is 0.0795 e. The van der Waals surface area contributed by atoms with Crippen LogP contribution in [0.5, 0.6) is 0 Å². The number of fused-ring (bicyclic) bond motifs is 6. The predicted octanol–water partition coefficient (Wildman–Crippen LogP) is 7.57. The lowest BCUT2D eigenvalue weighted by Crippen LogP contribution is -2.12. The zero-order chi connectivity index (χ0) is 21.2. The Morgan fingerprint density at radius 1 is 0.871 bits per heavy atom. The first kappa shape index (κ1) is 18.7. The Morgan fingerprint density at radius 3 is 2.61 bits per heavy atom. The van der Waals surface area contributed by atoms with E-state index in [2.05, 4.69) is 80.4 Å². The highest BCUT2D eigenvalue weighted by Crippen LogP contribution is 2.47. The van der Waals surface area contributed by atoms with Gasteiger partial charge in [0.1, 0.15) is 0 Å². The number of hydrogen-bond acceptors (Lipinski definition) is 3. The van der Waals surface area contributed by atoms with E-state index in [1.54, 1.807) is 0 Å². The van der Waals surface area contributed by atoms with Gasteiger partial charge in [-0.1, -0.05) is 51.1 Å². The lowest BCUT2D eigenvalue weighted by molar-refractivity contribution is 0.596. The molecule has 1 aliphatic rings. The molecule has 2 aromatic carbocycles. The zero-order valence-electron chi connectivity index (χ0n) is 18.1. The summed E-state index contributed by atoms with van der Waals surface area (Å²) in [6.45, 7) is 6.88. The molecule has 3 aromatic heterocycles. The third-order valence-electron chi connectivity index (χ3n) is 6.37. The number of rotatable bonds is 1. The van der Waals surface area contributed by atoms with Gasteiger partial charge in [0.2, 0.25) is 0 Å². The van der Waals surface area contributed by atoms with Crippen molar-refractivity contribution >= 4 is 32.2 Å². The van der Waals surface area contributed by atoms with Crippen LogP contribution in [-0.2, 0) is 18.3 Å². The van der Waals surface area contributed by atoms with Gasteiger partial charge in [0.25, 0.3) is 0 Å². The number of hydrogen-bond donors (Lipinski definition) is 0. The number of nitrogens with zero attached hydrogens (tertiary/aromatic N) is 2. The Balaban J connectivity index is 1.69. The van der Waals surface area contributed by atoms with E-state index in [9.17, 15) is 0 Å². The quantitative estimate of drug-likeness (QED) is 0.279. The van der Waals surface area contributed by atoms with E-state index in [1.807, 2.05) is 23.7 Å². The van der Waals surface area contributed by atoms with Gasteiger partial charge in [-0.15, -0.1) is 11.3 Å². The van der Waals surface area contributed by atoms with Crippen LogP contribution < -0.4 is 0 Å². The van der Waals surface area contributed by atoms with Crippen molar-refractivity contribution in [1.29, 1.82) is 0 Å². The molecule has 0 spiro atoms. The van der Waals surface area contributed by atoms with E-state index >= 15 is 0 Å². The highest BCUT2D eigenvalue weighted by molar-refractivity contribution is 7.19. The van der Waals surface area contributed by atoms with E-state index in [-0.39, 0.29) is 5.41 Å².